The first-order valence-corrected chi connectivity index (χ1v) is 7.94. The van der Waals surface area contributed by atoms with E-state index in [1.807, 2.05) is 0 Å². The molecule has 2 N–H and O–H groups in total. The molecule has 0 aliphatic carbocycles. The maximum Gasteiger partial charge on any atom is 0.405 e. The number of piperazine rings is 1. The van der Waals surface area contributed by atoms with Crippen LogP contribution in [0.3, 0.4) is 0 Å². The summed E-state index contributed by atoms with van der Waals surface area (Å²) in [6, 6.07) is 0.779. The lowest BCUT2D eigenvalue weighted by Crippen LogP contribution is -2.57. The van der Waals surface area contributed by atoms with Crippen LogP contribution in [0.2, 0.25) is 0 Å². The summed E-state index contributed by atoms with van der Waals surface area (Å²) in [5.41, 5.74) is -0.339. The number of hydrogen-bond donors (Lipinski definition) is 2. The second kappa shape index (κ2) is 12.2. The minimum Gasteiger partial charge on any atom is -0.485 e. The zero-order valence-electron chi connectivity index (χ0n) is 14.5. The summed E-state index contributed by atoms with van der Waals surface area (Å²) < 4.78 is 69.2. The summed E-state index contributed by atoms with van der Waals surface area (Å²) in [6.45, 7) is -0.372. The largest absolute Gasteiger partial charge is 0.485 e. The number of carbonyl (C=O) groups is 1. The van der Waals surface area contributed by atoms with Crippen molar-refractivity contribution in [1.29, 1.82) is 0 Å². The molecule has 6 nitrogen and oxygen atoms in total. The molecule has 28 heavy (non-hydrogen) atoms. The Kier molecular flexibility index (Phi) is 11.6. The number of hydrogen-bond acceptors (Lipinski definition) is 5. The van der Waals surface area contributed by atoms with E-state index in [4.69, 9.17) is 4.74 Å². The van der Waals surface area contributed by atoms with E-state index in [-0.39, 0.29) is 49.3 Å². The van der Waals surface area contributed by atoms with Crippen LogP contribution in [0.5, 0.6) is 5.75 Å². The summed E-state index contributed by atoms with van der Waals surface area (Å²) in [6.07, 6.45) is -6.06. The third-order valence-corrected chi connectivity index (χ3v) is 3.78. The Labute approximate surface area is 171 Å². The van der Waals surface area contributed by atoms with Gasteiger partial charge < -0.3 is 15.4 Å². The Bertz CT molecular complexity index is 604. The van der Waals surface area contributed by atoms with E-state index in [2.05, 4.69) is 15.6 Å². The predicted octanol–water partition coefficient (Wildman–Crippen LogP) is 2.13. The van der Waals surface area contributed by atoms with Crippen molar-refractivity contribution >= 4 is 30.7 Å². The quantitative estimate of drug-likeness (QED) is 0.617. The predicted molar refractivity (Wildman–Crippen MR) is 96.9 cm³/mol. The van der Waals surface area contributed by atoms with E-state index in [0.29, 0.717) is 13.1 Å². The van der Waals surface area contributed by atoms with Gasteiger partial charge in [-0.15, -0.1) is 24.8 Å². The van der Waals surface area contributed by atoms with Crippen LogP contribution in [0.4, 0.5) is 22.0 Å². The fourth-order valence-corrected chi connectivity index (χ4v) is 2.55. The zero-order chi connectivity index (χ0) is 19.2. The van der Waals surface area contributed by atoms with E-state index in [1.54, 1.807) is 0 Å². The Hall–Kier alpha value is -1.43. The van der Waals surface area contributed by atoms with E-state index < -0.39 is 37.7 Å². The van der Waals surface area contributed by atoms with Crippen LogP contribution < -0.4 is 15.4 Å². The van der Waals surface area contributed by atoms with Crippen molar-refractivity contribution in [3.8, 4) is 5.75 Å². The Morgan fingerprint density at radius 1 is 1.29 bits per heavy atom. The SMILES string of the molecule is Cl.Cl.O=C(NCC(N1CCNCC1)C(F)(F)F)c1ncccc1OCC(F)F. The van der Waals surface area contributed by atoms with Crippen molar-refractivity contribution in [2.45, 2.75) is 18.6 Å². The summed E-state index contributed by atoms with van der Waals surface area (Å²) >= 11 is 0. The molecule has 2 heterocycles. The Morgan fingerprint density at radius 3 is 2.50 bits per heavy atom. The molecule has 1 aromatic rings. The van der Waals surface area contributed by atoms with Gasteiger partial charge in [0.25, 0.3) is 12.3 Å². The van der Waals surface area contributed by atoms with Gasteiger partial charge in [-0.1, -0.05) is 0 Å². The zero-order valence-corrected chi connectivity index (χ0v) is 16.2. The average Bonchev–Trinajstić information content (AvgIpc) is 2.60. The third-order valence-electron chi connectivity index (χ3n) is 3.78. The molecule has 1 unspecified atom stereocenters. The maximum atomic E-state index is 13.3. The second-order valence-corrected chi connectivity index (χ2v) is 5.61. The van der Waals surface area contributed by atoms with Gasteiger partial charge in [-0.05, 0) is 12.1 Å². The highest BCUT2D eigenvalue weighted by molar-refractivity contribution is 5.94. The van der Waals surface area contributed by atoms with Gasteiger partial charge in [0.1, 0.15) is 12.6 Å². The first-order valence-electron chi connectivity index (χ1n) is 7.94. The summed E-state index contributed by atoms with van der Waals surface area (Å²) in [5.74, 6) is -1.13. The molecule has 0 radical (unpaired) electrons. The fourth-order valence-electron chi connectivity index (χ4n) is 2.55. The molecular formula is C15H21Cl2F5N4O2. The average molecular weight is 455 g/mol. The molecule has 0 spiro atoms. The number of nitrogens with one attached hydrogen (secondary N) is 2. The van der Waals surface area contributed by atoms with Crippen molar-refractivity contribution in [2.75, 3.05) is 39.3 Å². The molecular weight excluding hydrogens is 434 g/mol. The number of amides is 1. The van der Waals surface area contributed by atoms with Crippen molar-refractivity contribution in [3.63, 3.8) is 0 Å². The van der Waals surface area contributed by atoms with Crippen molar-refractivity contribution in [1.82, 2.24) is 20.5 Å². The smallest absolute Gasteiger partial charge is 0.405 e. The van der Waals surface area contributed by atoms with Crippen LogP contribution >= 0.6 is 24.8 Å². The maximum absolute atomic E-state index is 13.3. The van der Waals surface area contributed by atoms with Gasteiger partial charge in [0.2, 0.25) is 0 Å². The van der Waals surface area contributed by atoms with Crippen LogP contribution in [-0.2, 0) is 0 Å². The Balaban J connectivity index is 0.00000364. The van der Waals surface area contributed by atoms with Gasteiger partial charge in [0.15, 0.2) is 11.4 Å². The number of nitrogens with zero attached hydrogens (tertiary/aromatic N) is 2. The molecule has 1 amide bonds. The van der Waals surface area contributed by atoms with Gasteiger partial charge in [-0.25, -0.2) is 13.8 Å². The van der Waals surface area contributed by atoms with E-state index in [9.17, 15) is 26.7 Å². The number of rotatable bonds is 7. The van der Waals surface area contributed by atoms with Crippen LogP contribution in [0.15, 0.2) is 18.3 Å². The standard InChI is InChI=1S/C15H19F5N4O2.2ClH/c16-12(17)9-26-10-2-1-3-22-13(10)14(25)23-8-11(15(18,19)20)24-6-4-21-5-7-24;;/h1-3,11-12,21H,4-9H2,(H,23,25);2*1H. The highest BCUT2D eigenvalue weighted by Crippen LogP contribution is 2.25. The number of halogens is 7. The summed E-state index contributed by atoms with van der Waals surface area (Å²) in [5, 5.41) is 5.14. The van der Waals surface area contributed by atoms with Gasteiger partial charge in [-0.3, -0.25) is 9.69 Å². The lowest BCUT2D eigenvalue weighted by atomic mass is 10.2. The van der Waals surface area contributed by atoms with Crippen molar-refractivity contribution < 1.29 is 31.5 Å². The molecule has 1 aromatic heterocycles. The molecule has 0 aromatic carbocycles. The van der Waals surface area contributed by atoms with Crippen molar-refractivity contribution in [2.24, 2.45) is 0 Å². The fraction of sp³-hybridized carbons (Fsp3) is 0.600. The lowest BCUT2D eigenvalue weighted by molar-refractivity contribution is -0.183. The molecule has 1 aliphatic heterocycles. The van der Waals surface area contributed by atoms with Crippen LogP contribution in [0.25, 0.3) is 0 Å². The number of carbonyl (C=O) groups excluding carboxylic acids is 1. The highest BCUT2D eigenvalue weighted by Gasteiger charge is 2.44. The normalized spacial score (nSPS) is 15.9. The molecule has 162 valence electrons. The first-order chi connectivity index (χ1) is 12.3. The highest BCUT2D eigenvalue weighted by atomic mass is 35.5. The molecule has 13 heteroatoms. The minimum absolute atomic E-state index is 0. The van der Waals surface area contributed by atoms with Crippen LogP contribution in [0, 0.1) is 0 Å². The number of alkyl halides is 5. The monoisotopic (exact) mass is 454 g/mol. The molecule has 1 atom stereocenters. The molecule has 1 saturated heterocycles. The van der Waals surface area contributed by atoms with Gasteiger partial charge in [-0.2, -0.15) is 13.2 Å². The van der Waals surface area contributed by atoms with Crippen LogP contribution in [-0.4, -0.2) is 73.8 Å². The Morgan fingerprint density at radius 2 is 1.93 bits per heavy atom. The van der Waals surface area contributed by atoms with E-state index >= 15 is 0 Å². The molecule has 1 aliphatic rings. The third kappa shape index (κ3) is 7.90. The molecule has 0 saturated carbocycles. The summed E-state index contributed by atoms with van der Waals surface area (Å²) in [7, 11) is 0. The van der Waals surface area contributed by atoms with E-state index in [1.165, 1.54) is 23.2 Å². The summed E-state index contributed by atoms with van der Waals surface area (Å²) in [4.78, 5) is 17.1. The van der Waals surface area contributed by atoms with Gasteiger partial charge in [0.05, 0.1) is 0 Å². The molecule has 1 fully saturated rings. The first kappa shape index (κ1) is 26.6. The van der Waals surface area contributed by atoms with Gasteiger partial charge in [0, 0.05) is 38.9 Å². The number of aromatic nitrogens is 1. The van der Waals surface area contributed by atoms with Crippen molar-refractivity contribution in [3.05, 3.63) is 24.0 Å². The molecule has 2 rings (SSSR count). The lowest BCUT2D eigenvalue weighted by Gasteiger charge is -2.35. The van der Waals surface area contributed by atoms with E-state index in [0.717, 1.165) is 0 Å². The minimum atomic E-state index is -4.52. The van der Waals surface area contributed by atoms with Crippen LogP contribution in [0.1, 0.15) is 10.5 Å². The topological polar surface area (TPSA) is 66.5 Å². The second-order valence-electron chi connectivity index (χ2n) is 5.61. The number of ether oxygens (including phenoxy) is 1. The molecule has 0 bridgehead atoms. The van der Waals surface area contributed by atoms with Gasteiger partial charge >= 0.3 is 6.18 Å². The number of pyridine rings is 1.